The zero-order chi connectivity index (χ0) is 20.1. The zero-order valence-electron chi connectivity index (χ0n) is 15.2. The van der Waals surface area contributed by atoms with Gasteiger partial charge in [0.15, 0.2) is 0 Å². The number of rotatable bonds is 4. The third-order valence-corrected chi connectivity index (χ3v) is 5.94. The van der Waals surface area contributed by atoms with E-state index < -0.39 is 16.1 Å². The molecule has 0 bridgehead atoms. The molecule has 0 atom stereocenters. The number of oxime groups is 1. The molecule has 0 aliphatic heterocycles. The van der Waals surface area contributed by atoms with Crippen molar-refractivity contribution in [3.63, 3.8) is 0 Å². The lowest BCUT2D eigenvalue weighted by molar-refractivity contribution is -0.132. The predicted molar refractivity (Wildman–Crippen MR) is 109 cm³/mol. The van der Waals surface area contributed by atoms with Gasteiger partial charge in [-0.3, -0.25) is 4.28 Å². The van der Waals surface area contributed by atoms with Crippen LogP contribution in [0.4, 0.5) is 0 Å². The minimum absolute atomic E-state index is 0.0288. The van der Waals surface area contributed by atoms with Crippen LogP contribution in [-0.2, 0) is 23.9 Å². The van der Waals surface area contributed by atoms with Crippen molar-refractivity contribution < 1.29 is 22.2 Å². The molecule has 3 aromatic rings. The fourth-order valence-corrected chi connectivity index (χ4v) is 4.18. The Morgan fingerprint density at radius 2 is 1.64 bits per heavy atom. The van der Waals surface area contributed by atoms with E-state index in [1.54, 1.807) is 42.5 Å². The Kier molecular flexibility index (Phi) is 6.01. The van der Waals surface area contributed by atoms with E-state index in [9.17, 15) is 13.2 Å². The molecule has 0 radical (unpaired) electrons. The first kappa shape index (κ1) is 19.9. The molecular weight excluding hydrogens is 398 g/mol. The van der Waals surface area contributed by atoms with E-state index in [0.29, 0.717) is 10.3 Å². The third-order valence-electron chi connectivity index (χ3n) is 3.83. The van der Waals surface area contributed by atoms with E-state index in [4.69, 9.17) is 4.28 Å². The fourth-order valence-electron chi connectivity index (χ4n) is 2.44. The van der Waals surface area contributed by atoms with Gasteiger partial charge in [-0.2, -0.15) is 8.42 Å². The number of hydrogen-bond acceptors (Lipinski definition) is 7. The van der Waals surface area contributed by atoms with Gasteiger partial charge in [-0.25, -0.2) is 4.79 Å². The highest BCUT2D eigenvalue weighted by Gasteiger charge is 2.22. The molecule has 3 rings (SSSR count). The summed E-state index contributed by atoms with van der Waals surface area (Å²) in [7, 11) is -3.04. The quantitative estimate of drug-likeness (QED) is 0.209. The standard InChI is InChI=1S/C20H17NO5S2/c1-14-10-12-16(13-11-14)27-19(20(22)25-2)21-26-28(23,24)18-9-5-7-15-6-3-4-8-17(15)18/h3-13H,1-2H3/b21-19-. The molecule has 8 heteroatoms. The number of carbonyl (C=O) groups is 1. The fraction of sp³-hybridized carbons (Fsp3) is 0.100. The summed E-state index contributed by atoms with van der Waals surface area (Å²) < 4.78 is 34.9. The number of methoxy groups -OCH3 is 1. The van der Waals surface area contributed by atoms with Gasteiger partial charge in [0.25, 0.3) is 0 Å². The van der Waals surface area contributed by atoms with Gasteiger partial charge in [-0.15, -0.1) is 0 Å². The summed E-state index contributed by atoms with van der Waals surface area (Å²) in [5.41, 5.74) is 1.05. The minimum atomic E-state index is -4.23. The number of ether oxygens (including phenoxy) is 1. The van der Waals surface area contributed by atoms with Crippen molar-refractivity contribution >= 4 is 43.7 Å². The second-order valence-electron chi connectivity index (χ2n) is 5.81. The lowest BCUT2D eigenvalue weighted by atomic mass is 10.1. The Morgan fingerprint density at radius 3 is 2.36 bits per heavy atom. The normalized spacial score (nSPS) is 12.0. The van der Waals surface area contributed by atoms with Gasteiger partial charge in [0.2, 0.25) is 5.04 Å². The van der Waals surface area contributed by atoms with E-state index in [-0.39, 0.29) is 9.94 Å². The van der Waals surface area contributed by atoms with E-state index in [0.717, 1.165) is 22.7 Å². The number of carbonyl (C=O) groups excluding carboxylic acids is 1. The molecule has 0 amide bonds. The molecule has 0 fully saturated rings. The summed E-state index contributed by atoms with van der Waals surface area (Å²) in [6.45, 7) is 1.93. The first-order chi connectivity index (χ1) is 13.4. The molecule has 0 saturated heterocycles. The highest BCUT2D eigenvalue weighted by Crippen LogP contribution is 2.26. The summed E-state index contributed by atoms with van der Waals surface area (Å²) in [4.78, 5) is 12.7. The third kappa shape index (κ3) is 4.52. The molecular formula is C20H17NO5S2. The molecule has 0 heterocycles. The smallest absolute Gasteiger partial charge is 0.367 e. The van der Waals surface area contributed by atoms with Gasteiger partial charge in [0.05, 0.1) is 7.11 Å². The number of benzene rings is 3. The van der Waals surface area contributed by atoms with Crippen LogP contribution in [0.15, 0.2) is 81.7 Å². The van der Waals surface area contributed by atoms with E-state index >= 15 is 0 Å². The molecule has 0 saturated carbocycles. The minimum Gasteiger partial charge on any atom is -0.464 e. The molecule has 0 aliphatic carbocycles. The number of thioether (sulfide) groups is 1. The molecule has 28 heavy (non-hydrogen) atoms. The van der Waals surface area contributed by atoms with Crippen LogP contribution in [0.1, 0.15) is 5.56 Å². The lowest BCUT2D eigenvalue weighted by Crippen LogP contribution is -2.14. The average molecular weight is 415 g/mol. The van der Waals surface area contributed by atoms with E-state index in [1.165, 1.54) is 13.2 Å². The van der Waals surface area contributed by atoms with Crippen LogP contribution in [0.5, 0.6) is 0 Å². The molecule has 0 N–H and O–H groups in total. The number of fused-ring (bicyclic) bond motifs is 1. The second-order valence-corrected chi connectivity index (χ2v) is 8.37. The monoisotopic (exact) mass is 415 g/mol. The molecule has 0 aliphatic rings. The Hall–Kier alpha value is -2.84. The largest absolute Gasteiger partial charge is 0.464 e. The van der Waals surface area contributed by atoms with Gasteiger partial charge in [-0.05, 0) is 30.5 Å². The first-order valence-electron chi connectivity index (χ1n) is 8.23. The molecule has 3 aromatic carbocycles. The van der Waals surface area contributed by atoms with Crippen LogP contribution in [0, 0.1) is 6.92 Å². The van der Waals surface area contributed by atoms with Crippen LogP contribution in [0.25, 0.3) is 10.8 Å². The average Bonchev–Trinajstić information content (AvgIpc) is 2.71. The Bertz CT molecular complexity index is 1130. The van der Waals surface area contributed by atoms with Crippen LogP contribution in [-0.4, -0.2) is 26.5 Å². The Labute approximate surface area is 167 Å². The maximum atomic E-state index is 12.7. The van der Waals surface area contributed by atoms with Gasteiger partial charge in [0, 0.05) is 10.3 Å². The number of aryl methyl sites for hydroxylation is 1. The second kappa shape index (κ2) is 8.45. The van der Waals surface area contributed by atoms with Crippen molar-refractivity contribution in [3.05, 3.63) is 72.3 Å². The summed E-state index contributed by atoms with van der Waals surface area (Å²) in [6, 6.07) is 19.2. The molecule has 0 aromatic heterocycles. The van der Waals surface area contributed by atoms with E-state index in [2.05, 4.69) is 9.89 Å². The lowest BCUT2D eigenvalue weighted by Gasteiger charge is -2.07. The molecule has 0 unspecified atom stereocenters. The Balaban J connectivity index is 1.92. The first-order valence-corrected chi connectivity index (χ1v) is 10.5. The maximum Gasteiger partial charge on any atom is 0.367 e. The van der Waals surface area contributed by atoms with Gasteiger partial charge in [-0.1, -0.05) is 71.0 Å². The van der Waals surface area contributed by atoms with Crippen molar-refractivity contribution in [2.75, 3.05) is 7.11 Å². The summed E-state index contributed by atoms with van der Waals surface area (Å²) in [6.07, 6.45) is 0. The highest BCUT2D eigenvalue weighted by molar-refractivity contribution is 8.15. The van der Waals surface area contributed by atoms with Gasteiger partial charge >= 0.3 is 16.1 Å². The Morgan fingerprint density at radius 1 is 0.964 bits per heavy atom. The molecule has 144 valence electrons. The van der Waals surface area contributed by atoms with Crippen molar-refractivity contribution in [3.8, 4) is 0 Å². The van der Waals surface area contributed by atoms with Crippen molar-refractivity contribution in [2.24, 2.45) is 5.16 Å². The van der Waals surface area contributed by atoms with Crippen molar-refractivity contribution in [1.82, 2.24) is 0 Å². The van der Waals surface area contributed by atoms with Crippen molar-refractivity contribution in [2.45, 2.75) is 16.7 Å². The van der Waals surface area contributed by atoms with Crippen LogP contribution in [0.2, 0.25) is 0 Å². The van der Waals surface area contributed by atoms with Crippen LogP contribution >= 0.6 is 11.8 Å². The zero-order valence-corrected chi connectivity index (χ0v) is 16.8. The number of nitrogens with zero attached hydrogens (tertiary/aromatic N) is 1. The summed E-state index contributed by atoms with van der Waals surface area (Å²) >= 11 is 0.956. The number of hydrogen-bond donors (Lipinski definition) is 0. The predicted octanol–water partition coefficient (Wildman–Crippen LogP) is 4.13. The molecule has 6 nitrogen and oxygen atoms in total. The van der Waals surface area contributed by atoms with Crippen LogP contribution < -0.4 is 0 Å². The SMILES string of the molecule is COC(=O)/C(=N/OS(=O)(=O)c1cccc2ccccc12)Sc1ccc(C)cc1. The van der Waals surface area contributed by atoms with Crippen LogP contribution in [0.3, 0.4) is 0 Å². The van der Waals surface area contributed by atoms with Gasteiger partial charge < -0.3 is 4.74 Å². The van der Waals surface area contributed by atoms with Crippen molar-refractivity contribution in [1.29, 1.82) is 0 Å². The topological polar surface area (TPSA) is 82.0 Å². The van der Waals surface area contributed by atoms with Gasteiger partial charge in [0.1, 0.15) is 4.90 Å². The summed E-state index contributed by atoms with van der Waals surface area (Å²) in [5, 5.41) is 4.61. The number of esters is 1. The van der Waals surface area contributed by atoms with E-state index in [1.807, 2.05) is 25.1 Å². The maximum absolute atomic E-state index is 12.7. The highest BCUT2D eigenvalue weighted by atomic mass is 32.2. The molecule has 0 spiro atoms. The summed E-state index contributed by atoms with van der Waals surface area (Å²) in [5.74, 6) is -0.793.